The zero-order chi connectivity index (χ0) is 17.4. The van der Waals surface area contributed by atoms with Crippen molar-refractivity contribution in [3.63, 3.8) is 0 Å². The second-order valence-corrected chi connectivity index (χ2v) is 6.98. The second-order valence-electron chi connectivity index (χ2n) is 5.98. The van der Waals surface area contributed by atoms with Crippen LogP contribution in [-0.2, 0) is 13.6 Å². The normalized spacial score (nSPS) is 11.3. The third kappa shape index (κ3) is 2.61. The zero-order valence-electron chi connectivity index (χ0n) is 14.0. The number of benzene rings is 1. The van der Waals surface area contributed by atoms with Crippen molar-refractivity contribution < 1.29 is 5.11 Å². The van der Waals surface area contributed by atoms with Crippen LogP contribution in [0.15, 0.2) is 33.9 Å². The molecule has 0 saturated heterocycles. The molecule has 2 aromatic heterocycles. The number of fused-ring (bicyclic) bond motifs is 1. The van der Waals surface area contributed by atoms with Crippen molar-refractivity contribution in [1.82, 2.24) is 9.13 Å². The summed E-state index contributed by atoms with van der Waals surface area (Å²) in [7, 11) is 1.69. The number of aliphatic hydroxyl groups is 1. The molecular formula is C18H20N2O3S. The number of rotatable bonds is 4. The monoisotopic (exact) mass is 344 g/mol. The first-order valence-corrected chi connectivity index (χ1v) is 8.68. The van der Waals surface area contributed by atoms with Crippen molar-refractivity contribution in [2.75, 3.05) is 6.61 Å². The molecule has 126 valence electrons. The molecule has 1 N–H and O–H groups in total. The van der Waals surface area contributed by atoms with Crippen molar-refractivity contribution >= 4 is 21.6 Å². The lowest BCUT2D eigenvalue weighted by Gasteiger charge is -2.07. The quantitative estimate of drug-likeness (QED) is 0.790. The van der Waals surface area contributed by atoms with Crippen LogP contribution in [0.5, 0.6) is 0 Å². The van der Waals surface area contributed by atoms with Gasteiger partial charge in [-0.3, -0.25) is 13.9 Å². The number of nitrogens with zero attached hydrogens (tertiary/aromatic N) is 2. The summed E-state index contributed by atoms with van der Waals surface area (Å²) >= 11 is 1.47. The maximum absolute atomic E-state index is 12.8. The third-order valence-electron chi connectivity index (χ3n) is 4.23. The molecule has 3 aromatic rings. The molecule has 6 heteroatoms. The molecule has 0 unspecified atom stereocenters. The Balaban J connectivity index is 2.33. The molecule has 3 rings (SSSR count). The Hall–Kier alpha value is -2.18. The summed E-state index contributed by atoms with van der Waals surface area (Å²) in [5, 5.41) is 9.60. The zero-order valence-corrected chi connectivity index (χ0v) is 14.8. The lowest BCUT2D eigenvalue weighted by Crippen LogP contribution is -2.39. The molecule has 1 aromatic carbocycles. The molecule has 0 aliphatic rings. The van der Waals surface area contributed by atoms with Crippen LogP contribution < -0.4 is 11.2 Å². The highest BCUT2D eigenvalue weighted by Gasteiger charge is 2.19. The molecule has 0 saturated carbocycles. The van der Waals surface area contributed by atoms with Crippen molar-refractivity contribution in [2.24, 2.45) is 7.05 Å². The van der Waals surface area contributed by atoms with E-state index in [4.69, 9.17) is 5.11 Å². The summed E-state index contributed by atoms with van der Waals surface area (Å²) in [6, 6.07) is 8.13. The summed E-state index contributed by atoms with van der Waals surface area (Å²) in [5.41, 5.74) is 2.51. The highest BCUT2D eigenvalue weighted by atomic mass is 32.1. The smallest absolute Gasteiger partial charge is 0.331 e. The number of thiophene rings is 1. The highest BCUT2D eigenvalue weighted by Crippen LogP contribution is 2.36. The standard InChI is InChI=1S/C18H20N2O3S/c1-11-6-4-7-13(10-11)15-12(2)14-16(22)20(8-5-9-21)18(23)19(3)17(14)24-15/h4,6-7,10,21H,5,8-9H2,1-3H3. The number of hydrogen-bond donors (Lipinski definition) is 1. The van der Waals surface area contributed by atoms with Gasteiger partial charge < -0.3 is 5.11 Å². The van der Waals surface area contributed by atoms with Gasteiger partial charge in [0.25, 0.3) is 5.56 Å². The van der Waals surface area contributed by atoms with Gasteiger partial charge in [-0.15, -0.1) is 11.3 Å². The van der Waals surface area contributed by atoms with Crippen molar-refractivity contribution in [3.05, 3.63) is 56.2 Å². The number of hydrogen-bond acceptors (Lipinski definition) is 4. The topological polar surface area (TPSA) is 64.2 Å². The van der Waals surface area contributed by atoms with Gasteiger partial charge in [0.15, 0.2) is 0 Å². The second kappa shape index (κ2) is 6.37. The molecule has 0 radical (unpaired) electrons. The fraction of sp³-hybridized carbons (Fsp3) is 0.333. The minimum Gasteiger partial charge on any atom is -0.396 e. The van der Waals surface area contributed by atoms with E-state index in [0.717, 1.165) is 21.6 Å². The Bertz CT molecular complexity index is 1030. The Kier molecular flexibility index (Phi) is 4.43. The van der Waals surface area contributed by atoms with Crippen molar-refractivity contribution in [2.45, 2.75) is 26.8 Å². The first-order valence-electron chi connectivity index (χ1n) is 7.86. The molecule has 0 aliphatic carbocycles. The summed E-state index contributed by atoms with van der Waals surface area (Å²) in [6.07, 6.45) is 0.384. The average molecular weight is 344 g/mol. The molecule has 0 bridgehead atoms. The van der Waals surface area contributed by atoms with Gasteiger partial charge in [-0.1, -0.05) is 29.8 Å². The van der Waals surface area contributed by atoms with E-state index < -0.39 is 0 Å². The van der Waals surface area contributed by atoms with E-state index in [-0.39, 0.29) is 24.4 Å². The number of aliphatic hydroxyl groups excluding tert-OH is 1. The molecule has 5 nitrogen and oxygen atoms in total. The van der Waals surface area contributed by atoms with Crippen LogP contribution in [-0.4, -0.2) is 20.8 Å². The predicted octanol–water partition coefficient (Wildman–Crippen LogP) is 2.43. The van der Waals surface area contributed by atoms with Crippen molar-refractivity contribution in [3.8, 4) is 10.4 Å². The Morgan fingerprint density at radius 3 is 2.62 bits per heavy atom. The van der Waals surface area contributed by atoms with E-state index >= 15 is 0 Å². The molecular weight excluding hydrogens is 324 g/mol. The molecule has 0 aliphatic heterocycles. The molecule has 2 heterocycles. The summed E-state index contributed by atoms with van der Waals surface area (Å²) in [5.74, 6) is 0. The van der Waals surface area contributed by atoms with E-state index in [2.05, 4.69) is 6.07 Å². The molecule has 24 heavy (non-hydrogen) atoms. The van der Waals surface area contributed by atoms with Gasteiger partial charge in [0.1, 0.15) is 4.83 Å². The maximum atomic E-state index is 12.8. The van der Waals surface area contributed by atoms with E-state index in [1.807, 2.05) is 32.0 Å². The average Bonchev–Trinajstić information content (AvgIpc) is 2.90. The highest BCUT2D eigenvalue weighted by molar-refractivity contribution is 7.22. The van der Waals surface area contributed by atoms with Crippen LogP contribution >= 0.6 is 11.3 Å². The van der Waals surface area contributed by atoms with Gasteiger partial charge in [0.05, 0.1) is 5.39 Å². The van der Waals surface area contributed by atoms with E-state index in [9.17, 15) is 9.59 Å². The fourth-order valence-electron chi connectivity index (χ4n) is 2.96. The van der Waals surface area contributed by atoms with Gasteiger partial charge in [-0.25, -0.2) is 4.79 Å². The van der Waals surface area contributed by atoms with Gasteiger partial charge >= 0.3 is 5.69 Å². The Labute approximate surface area is 143 Å². The summed E-state index contributed by atoms with van der Waals surface area (Å²) < 4.78 is 2.75. The van der Waals surface area contributed by atoms with Crippen LogP contribution in [0.1, 0.15) is 17.5 Å². The fourth-order valence-corrected chi connectivity index (χ4v) is 4.21. The largest absolute Gasteiger partial charge is 0.396 e. The van der Waals surface area contributed by atoms with Gasteiger partial charge in [-0.2, -0.15) is 0 Å². The van der Waals surface area contributed by atoms with Crippen LogP contribution in [0.25, 0.3) is 20.7 Å². The van der Waals surface area contributed by atoms with Crippen molar-refractivity contribution in [1.29, 1.82) is 0 Å². The SMILES string of the molecule is Cc1cccc(-c2sc3c(c2C)c(=O)n(CCCO)c(=O)n3C)c1. The van der Waals surface area contributed by atoms with Crippen LogP contribution in [0.2, 0.25) is 0 Å². The molecule has 0 spiro atoms. The van der Waals surface area contributed by atoms with Gasteiger partial charge in [-0.05, 0) is 31.4 Å². The lowest BCUT2D eigenvalue weighted by molar-refractivity contribution is 0.277. The van der Waals surface area contributed by atoms with E-state index in [1.165, 1.54) is 20.5 Å². The predicted molar refractivity (Wildman–Crippen MR) is 97.9 cm³/mol. The maximum Gasteiger partial charge on any atom is 0.331 e. The Morgan fingerprint density at radius 2 is 1.96 bits per heavy atom. The van der Waals surface area contributed by atoms with Gasteiger partial charge in [0.2, 0.25) is 0 Å². The molecule has 0 amide bonds. The van der Waals surface area contributed by atoms with E-state index in [1.54, 1.807) is 7.05 Å². The third-order valence-corrected chi connectivity index (χ3v) is 5.65. The lowest BCUT2D eigenvalue weighted by atomic mass is 10.1. The first-order chi connectivity index (χ1) is 11.5. The van der Waals surface area contributed by atoms with Gasteiger partial charge in [0, 0.05) is 25.1 Å². The van der Waals surface area contributed by atoms with Crippen LogP contribution in [0.4, 0.5) is 0 Å². The minimum atomic E-state index is -0.335. The van der Waals surface area contributed by atoms with Crippen LogP contribution in [0, 0.1) is 13.8 Å². The van der Waals surface area contributed by atoms with Crippen LogP contribution in [0.3, 0.4) is 0 Å². The first kappa shape index (κ1) is 16.7. The Morgan fingerprint density at radius 1 is 1.21 bits per heavy atom. The number of aryl methyl sites for hydroxylation is 3. The minimum absolute atomic E-state index is 0.0508. The summed E-state index contributed by atoms with van der Waals surface area (Å²) in [6.45, 7) is 4.14. The summed E-state index contributed by atoms with van der Waals surface area (Å²) in [4.78, 5) is 27.0. The molecule has 0 atom stereocenters. The number of aromatic nitrogens is 2. The molecule has 0 fully saturated rings. The van der Waals surface area contributed by atoms with E-state index in [0.29, 0.717) is 16.6 Å².